The molecule has 1 unspecified atom stereocenters. The average molecular weight is 359 g/mol. The topological polar surface area (TPSA) is 89.1 Å². The van der Waals surface area contributed by atoms with E-state index < -0.39 is 0 Å². The van der Waals surface area contributed by atoms with Crippen LogP contribution in [0.3, 0.4) is 0 Å². The quantitative estimate of drug-likeness (QED) is 0.677. The van der Waals surface area contributed by atoms with Crippen molar-refractivity contribution >= 4 is 18.3 Å². The van der Waals surface area contributed by atoms with Crippen LogP contribution >= 0.6 is 12.4 Å². The Kier molecular flexibility index (Phi) is 9.25. The molecular formula is C16H31ClN6O. The van der Waals surface area contributed by atoms with Crippen molar-refractivity contribution in [1.82, 2.24) is 25.2 Å². The van der Waals surface area contributed by atoms with Crippen LogP contribution < -0.4 is 11.1 Å². The lowest BCUT2D eigenvalue weighted by atomic mass is 9.97. The van der Waals surface area contributed by atoms with E-state index >= 15 is 0 Å². The molecule has 1 aliphatic rings. The second-order valence-corrected chi connectivity index (χ2v) is 6.34. The van der Waals surface area contributed by atoms with Gasteiger partial charge in [-0.2, -0.15) is 0 Å². The van der Waals surface area contributed by atoms with E-state index in [0.29, 0.717) is 6.54 Å². The van der Waals surface area contributed by atoms with E-state index in [4.69, 9.17) is 5.73 Å². The van der Waals surface area contributed by atoms with Gasteiger partial charge in [-0.3, -0.25) is 4.79 Å². The number of aryl methyl sites for hydroxylation is 1. The molecule has 138 valence electrons. The van der Waals surface area contributed by atoms with E-state index in [-0.39, 0.29) is 30.3 Å². The van der Waals surface area contributed by atoms with Gasteiger partial charge >= 0.3 is 0 Å². The minimum atomic E-state index is -0.256. The number of carbonyl (C=O) groups is 1. The van der Waals surface area contributed by atoms with E-state index in [0.717, 1.165) is 57.6 Å². The lowest BCUT2D eigenvalue weighted by Crippen LogP contribution is -2.49. The molecule has 24 heavy (non-hydrogen) atoms. The number of nitrogens with zero attached hydrogens (tertiary/aromatic N) is 4. The fourth-order valence-corrected chi connectivity index (χ4v) is 2.93. The molecule has 1 fully saturated rings. The standard InChI is InChI=1S/C16H30N6O.ClH/c1-3-13(2)15(16(23)21-10-8-18-9-11-21)22-12-14(19-20-22)6-4-5-7-17;/h12-13,15,18H,3-11,17H2,1-2H3;1H/t13?,15-;/m1./s1. The van der Waals surface area contributed by atoms with Crippen molar-refractivity contribution in [1.29, 1.82) is 0 Å². The third-order valence-electron chi connectivity index (χ3n) is 4.59. The highest BCUT2D eigenvalue weighted by atomic mass is 35.5. The minimum Gasteiger partial charge on any atom is -0.338 e. The molecular weight excluding hydrogens is 328 g/mol. The fourth-order valence-electron chi connectivity index (χ4n) is 2.93. The van der Waals surface area contributed by atoms with E-state index in [1.807, 2.05) is 11.1 Å². The van der Waals surface area contributed by atoms with Gasteiger partial charge in [0.25, 0.3) is 0 Å². The van der Waals surface area contributed by atoms with Gasteiger partial charge in [0.05, 0.1) is 5.69 Å². The van der Waals surface area contributed by atoms with Crippen molar-refractivity contribution < 1.29 is 4.79 Å². The van der Waals surface area contributed by atoms with E-state index in [1.165, 1.54) is 0 Å². The first-order valence-corrected chi connectivity index (χ1v) is 8.77. The highest BCUT2D eigenvalue weighted by Gasteiger charge is 2.31. The Morgan fingerprint density at radius 2 is 2.08 bits per heavy atom. The van der Waals surface area contributed by atoms with E-state index in [9.17, 15) is 4.79 Å². The first kappa shape index (κ1) is 20.9. The van der Waals surface area contributed by atoms with Crippen LogP contribution in [0.5, 0.6) is 0 Å². The molecule has 0 spiro atoms. The molecule has 0 aromatic carbocycles. The molecule has 1 amide bonds. The van der Waals surface area contributed by atoms with Gasteiger partial charge in [0.1, 0.15) is 6.04 Å². The molecule has 1 aliphatic heterocycles. The number of hydrogen-bond acceptors (Lipinski definition) is 5. The molecule has 7 nitrogen and oxygen atoms in total. The van der Waals surface area contributed by atoms with Gasteiger partial charge < -0.3 is 16.0 Å². The maximum atomic E-state index is 13.0. The number of rotatable bonds is 8. The Hall–Kier alpha value is -1.18. The van der Waals surface area contributed by atoms with Gasteiger partial charge in [-0.15, -0.1) is 17.5 Å². The highest BCUT2D eigenvalue weighted by Crippen LogP contribution is 2.23. The molecule has 8 heteroatoms. The predicted octanol–water partition coefficient (Wildman–Crippen LogP) is 1.00. The number of nitrogens with one attached hydrogen (secondary N) is 1. The number of aromatic nitrogens is 3. The Bertz CT molecular complexity index is 489. The Balaban J connectivity index is 0.00000288. The smallest absolute Gasteiger partial charge is 0.247 e. The van der Waals surface area contributed by atoms with Crippen molar-refractivity contribution in [3.8, 4) is 0 Å². The molecule has 2 heterocycles. The van der Waals surface area contributed by atoms with Crippen LogP contribution in [-0.2, 0) is 11.2 Å². The monoisotopic (exact) mass is 358 g/mol. The fraction of sp³-hybridized carbons (Fsp3) is 0.812. The van der Waals surface area contributed by atoms with Crippen LogP contribution in [0.15, 0.2) is 6.20 Å². The van der Waals surface area contributed by atoms with Crippen LogP contribution in [0.4, 0.5) is 0 Å². The second kappa shape index (κ2) is 10.6. The maximum Gasteiger partial charge on any atom is 0.247 e. The zero-order valence-electron chi connectivity index (χ0n) is 14.8. The molecule has 1 aromatic rings. The molecule has 2 rings (SSSR count). The number of carbonyl (C=O) groups excluding carboxylic acids is 1. The zero-order valence-corrected chi connectivity index (χ0v) is 15.6. The number of unbranched alkanes of at least 4 members (excludes halogenated alkanes) is 1. The summed E-state index contributed by atoms with van der Waals surface area (Å²) in [4.78, 5) is 14.9. The van der Waals surface area contributed by atoms with Crippen molar-refractivity contribution in [2.75, 3.05) is 32.7 Å². The van der Waals surface area contributed by atoms with Crippen LogP contribution in [0, 0.1) is 5.92 Å². The number of amides is 1. The van der Waals surface area contributed by atoms with Crippen LogP contribution in [0.2, 0.25) is 0 Å². The lowest BCUT2D eigenvalue weighted by molar-refractivity contribution is -0.137. The summed E-state index contributed by atoms with van der Waals surface area (Å²) in [5.41, 5.74) is 6.47. The van der Waals surface area contributed by atoms with E-state index in [1.54, 1.807) is 4.68 Å². The van der Waals surface area contributed by atoms with Crippen molar-refractivity contribution in [2.45, 2.75) is 45.6 Å². The van der Waals surface area contributed by atoms with Crippen molar-refractivity contribution in [2.24, 2.45) is 11.7 Å². The van der Waals surface area contributed by atoms with Gasteiger partial charge in [-0.1, -0.05) is 25.5 Å². The summed E-state index contributed by atoms with van der Waals surface area (Å²) in [6.07, 6.45) is 5.74. The van der Waals surface area contributed by atoms with Crippen LogP contribution in [0.25, 0.3) is 0 Å². The summed E-state index contributed by atoms with van der Waals surface area (Å²) < 4.78 is 1.77. The maximum absolute atomic E-state index is 13.0. The Morgan fingerprint density at radius 1 is 1.38 bits per heavy atom. The average Bonchev–Trinajstić information content (AvgIpc) is 3.04. The molecule has 0 aliphatic carbocycles. The Labute approximate surface area is 150 Å². The summed E-state index contributed by atoms with van der Waals surface area (Å²) in [7, 11) is 0. The van der Waals surface area contributed by atoms with Crippen molar-refractivity contribution in [3.63, 3.8) is 0 Å². The SMILES string of the molecule is CCC(C)[C@H](C(=O)N1CCNCC1)n1cc(CCCCN)nn1.Cl. The number of piperazine rings is 1. The predicted molar refractivity (Wildman–Crippen MR) is 97.2 cm³/mol. The molecule has 0 saturated carbocycles. The minimum absolute atomic E-state index is 0. The summed E-state index contributed by atoms with van der Waals surface area (Å²) in [6.45, 7) is 8.18. The van der Waals surface area contributed by atoms with Gasteiger partial charge in [-0.25, -0.2) is 4.68 Å². The number of hydrogen-bond donors (Lipinski definition) is 2. The first-order valence-electron chi connectivity index (χ1n) is 8.77. The van der Waals surface area contributed by atoms with E-state index in [2.05, 4.69) is 29.5 Å². The molecule has 3 N–H and O–H groups in total. The third-order valence-corrected chi connectivity index (χ3v) is 4.59. The lowest BCUT2D eigenvalue weighted by Gasteiger charge is -2.32. The molecule has 1 aromatic heterocycles. The van der Waals surface area contributed by atoms with Crippen LogP contribution in [0.1, 0.15) is 44.8 Å². The number of nitrogens with two attached hydrogens (primary N) is 1. The number of halogens is 1. The third kappa shape index (κ3) is 5.43. The second-order valence-electron chi connectivity index (χ2n) is 6.34. The van der Waals surface area contributed by atoms with Gasteiger partial charge in [-0.05, 0) is 31.7 Å². The van der Waals surface area contributed by atoms with Gasteiger partial charge in [0.2, 0.25) is 5.91 Å². The molecule has 0 bridgehead atoms. The van der Waals surface area contributed by atoms with Crippen molar-refractivity contribution in [3.05, 3.63) is 11.9 Å². The Morgan fingerprint density at radius 3 is 2.71 bits per heavy atom. The summed E-state index contributed by atoms with van der Waals surface area (Å²) in [6, 6.07) is -0.256. The molecule has 0 radical (unpaired) electrons. The summed E-state index contributed by atoms with van der Waals surface area (Å²) >= 11 is 0. The zero-order chi connectivity index (χ0) is 16.7. The first-order chi connectivity index (χ1) is 11.2. The molecule has 1 saturated heterocycles. The normalized spacial score (nSPS) is 17.2. The summed E-state index contributed by atoms with van der Waals surface area (Å²) in [5, 5.41) is 11.8. The van der Waals surface area contributed by atoms with Gasteiger partial charge in [0, 0.05) is 32.4 Å². The largest absolute Gasteiger partial charge is 0.338 e. The van der Waals surface area contributed by atoms with Gasteiger partial charge in [0.15, 0.2) is 0 Å². The molecule has 2 atom stereocenters. The van der Waals surface area contributed by atoms with Crippen LogP contribution in [-0.4, -0.2) is 58.5 Å². The highest BCUT2D eigenvalue weighted by molar-refractivity contribution is 5.85. The summed E-state index contributed by atoms with van der Waals surface area (Å²) in [5.74, 6) is 0.398.